The van der Waals surface area contributed by atoms with Gasteiger partial charge in [0.2, 0.25) is 5.91 Å². The maximum Gasteiger partial charge on any atom is 0.408 e. The molecule has 3 rings (SSSR count). The SMILES string of the molecule is CCCC(CCNC(=O)C(C)(C)NC(=O)OCC1c2ccccc2-c2ccccc21)CCC(=O)O. The van der Waals surface area contributed by atoms with E-state index in [9.17, 15) is 14.4 Å². The molecule has 1 unspecified atom stereocenters. The fraction of sp³-hybridized carbons (Fsp3) is 0.464. The summed E-state index contributed by atoms with van der Waals surface area (Å²) in [6, 6.07) is 16.2. The molecule has 2 amide bonds. The van der Waals surface area contributed by atoms with Gasteiger partial charge in [0.15, 0.2) is 0 Å². The van der Waals surface area contributed by atoms with Crippen LogP contribution in [-0.4, -0.2) is 41.8 Å². The van der Waals surface area contributed by atoms with Crippen LogP contribution in [-0.2, 0) is 14.3 Å². The van der Waals surface area contributed by atoms with E-state index in [0.717, 1.165) is 35.1 Å². The molecule has 1 aliphatic rings. The number of ether oxygens (including phenoxy) is 1. The summed E-state index contributed by atoms with van der Waals surface area (Å²) in [5.41, 5.74) is 3.42. The number of carbonyl (C=O) groups is 3. The van der Waals surface area contributed by atoms with Crippen LogP contribution in [0.1, 0.15) is 69.9 Å². The Labute approximate surface area is 207 Å². The first-order valence-corrected chi connectivity index (χ1v) is 12.4. The van der Waals surface area contributed by atoms with E-state index in [0.29, 0.717) is 19.4 Å². The molecule has 0 spiro atoms. The molecule has 2 aromatic carbocycles. The van der Waals surface area contributed by atoms with Gasteiger partial charge < -0.3 is 20.5 Å². The predicted molar refractivity (Wildman–Crippen MR) is 135 cm³/mol. The van der Waals surface area contributed by atoms with Crippen LogP contribution in [0.15, 0.2) is 48.5 Å². The number of hydrogen-bond acceptors (Lipinski definition) is 4. The first-order valence-electron chi connectivity index (χ1n) is 12.4. The molecule has 0 fully saturated rings. The maximum absolute atomic E-state index is 12.7. The van der Waals surface area contributed by atoms with Gasteiger partial charge in [-0.3, -0.25) is 9.59 Å². The highest BCUT2D eigenvalue weighted by atomic mass is 16.5. The van der Waals surface area contributed by atoms with Crippen molar-refractivity contribution < 1.29 is 24.2 Å². The first-order chi connectivity index (χ1) is 16.7. The van der Waals surface area contributed by atoms with Crippen molar-refractivity contribution in [1.29, 1.82) is 0 Å². The lowest BCUT2D eigenvalue weighted by Gasteiger charge is -2.26. The highest BCUT2D eigenvalue weighted by Gasteiger charge is 2.32. The van der Waals surface area contributed by atoms with Crippen LogP contribution in [0.2, 0.25) is 0 Å². The number of benzene rings is 2. The van der Waals surface area contributed by atoms with E-state index in [4.69, 9.17) is 9.84 Å². The molecule has 1 atom stereocenters. The minimum atomic E-state index is -1.15. The van der Waals surface area contributed by atoms with E-state index in [1.807, 2.05) is 24.3 Å². The molecule has 0 saturated carbocycles. The van der Waals surface area contributed by atoms with E-state index in [2.05, 4.69) is 41.8 Å². The minimum absolute atomic E-state index is 0.0496. The lowest BCUT2D eigenvalue weighted by Crippen LogP contribution is -2.55. The Hall–Kier alpha value is -3.35. The zero-order chi connectivity index (χ0) is 25.4. The molecule has 7 heteroatoms. The van der Waals surface area contributed by atoms with Crippen molar-refractivity contribution >= 4 is 18.0 Å². The van der Waals surface area contributed by atoms with Crippen LogP contribution in [0.4, 0.5) is 4.79 Å². The van der Waals surface area contributed by atoms with Gasteiger partial charge in [-0.1, -0.05) is 68.3 Å². The summed E-state index contributed by atoms with van der Waals surface area (Å²) in [6.45, 7) is 5.95. The van der Waals surface area contributed by atoms with Gasteiger partial charge in [0, 0.05) is 18.9 Å². The molecule has 1 aliphatic carbocycles. The molecule has 0 radical (unpaired) electrons. The van der Waals surface area contributed by atoms with Crippen molar-refractivity contribution in [3.05, 3.63) is 59.7 Å². The lowest BCUT2D eigenvalue weighted by atomic mass is 9.94. The van der Waals surface area contributed by atoms with Crippen molar-refractivity contribution in [2.45, 2.75) is 64.3 Å². The van der Waals surface area contributed by atoms with E-state index in [1.165, 1.54) is 0 Å². The third kappa shape index (κ3) is 6.84. The summed E-state index contributed by atoms with van der Waals surface area (Å²) in [5, 5.41) is 14.5. The monoisotopic (exact) mass is 480 g/mol. The van der Waals surface area contributed by atoms with Gasteiger partial charge in [-0.25, -0.2) is 4.79 Å². The van der Waals surface area contributed by atoms with Gasteiger partial charge in [0.25, 0.3) is 0 Å². The summed E-state index contributed by atoms with van der Waals surface area (Å²) in [5.74, 6) is -0.913. The van der Waals surface area contributed by atoms with Crippen LogP contribution in [0.3, 0.4) is 0 Å². The van der Waals surface area contributed by atoms with Crippen LogP contribution < -0.4 is 10.6 Å². The van der Waals surface area contributed by atoms with Crippen molar-refractivity contribution in [3.63, 3.8) is 0 Å². The Kier molecular flexibility index (Phi) is 8.90. The number of alkyl carbamates (subject to hydrolysis) is 1. The van der Waals surface area contributed by atoms with Gasteiger partial charge in [0.1, 0.15) is 12.1 Å². The summed E-state index contributed by atoms with van der Waals surface area (Å²) in [4.78, 5) is 36.2. The second kappa shape index (κ2) is 11.9. The molecule has 0 aromatic heterocycles. The molecule has 0 bridgehead atoms. The molecule has 188 valence electrons. The van der Waals surface area contributed by atoms with Gasteiger partial charge in [-0.15, -0.1) is 0 Å². The second-order valence-electron chi connectivity index (χ2n) is 9.71. The predicted octanol–water partition coefficient (Wildman–Crippen LogP) is 5.09. The number of hydrogen-bond donors (Lipinski definition) is 3. The first kappa shape index (κ1) is 26.3. The number of rotatable bonds is 12. The summed E-state index contributed by atoms with van der Waals surface area (Å²) < 4.78 is 5.57. The van der Waals surface area contributed by atoms with Gasteiger partial charge in [-0.2, -0.15) is 0 Å². The largest absolute Gasteiger partial charge is 0.481 e. The van der Waals surface area contributed by atoms with Crippen molar-refractivity contribution in [3.8, 4) is 11.1 Å². The number of fused-ring (bicyclic) bond motifs is 3. The average molecular weight is 481 g/mol. The number of aliphatic carboxylic acids is 1. The van der Waals surface area contributed by atoms with Crippen LogP contribution >= 0.6 is 0 Å². The normalized spacial score (nSPS) is 13.5. The van der Waals surface area contributed by atoms with E-state index in [-0.39, 0.29) is 30.8 Å². The third-order valence-corrected chi connectivity index (χ3v) is 6.63. The number of carboxylic acids is 1. The molecule has 0 saturated heterocycles. The smallest absolute Gasteiger partial charge is 0.408 e. The highest BCUT2D eigenvalue weighted by Crippen LogP contribution is 2.44. The van der Waals surface area contributed by atoms with Crippen molar-refractivity contribution in [2.24, 2.45) is 5.92 Å². The quantitative estimate of drug-likeness (QED) is 0.392. The second-order valence-corrected chi connectivity index (χ2v) is 9.71. The molecular weight excluding hydrogens is 444 g/mol. The van der Waals surface area contributed by atoms with Gasteiger partial charge >= 0.3 is 12.1 Å². The zero-order valence-corrected chi connectivity index (χ0v) is 20.8. The Balaban J connectivity index is 1.50. The van der Waals surface area contributed by atoms with E-state index < -0.39 is 17.6 Å². The Morgan fingerprint density at radius 3 is 2.14 bits per heavy atom. The van der Waals surface area contributed by atoms with Crippen LogP contribution in [0.25, 0.3) is 11.1 Å². The molecule has 35 heavy (non-hydrogen) atoms. The van der Waals surface area contributed by atoms with Crippen LogP contribution in [0, 0.1) is 5.92 Å². The molecule has 0 aliphatic heterocycles. The average Bonchev–Trinajstić information content (AvgIpc) is 3.14. The number of carbonyl (C=O) groups excluding carboxylic acids is 2. The molecule has 3 N–H and O–H groups in total. The zero-order valence-electron chi connectivity index (χ0n) is 20.8. The molecule has 2 aromatic rings. The van der Waals surface area contributed by atoms with Gasteiger partial charge in [-0.05, 0) is 54.9 Å². The topological polar surface area (TPSA) is 105 Å². The number of nitrogens with one attached hydrogen (secondary N) is 2. The third-order valence-electron chi connectivity index (χ3n) is 6.63. The summed E-state index contributed by atoms with van der Waals surface area (Å²) >= 11 is 0. The molecule has 7 nitrogen and oxygen atoms in total. The van der Waals surface area contributed by atoms with E-state index >= 15 is 0 Å². The standard InChI is InChI=1S/C28H36N2O5/c1-4-9-19(14-15-25(31)32)16-17-29-26(33)28(2,3)30-27(34)35-18-24-22-12-7-5-10-20(22)21-11-6-8-13-23(21)24/h5-8,10-13,19,24H,4,9,14-18H2,1-3H3,(H,29,33)(H,30,34)(H,31,32). The summed E-state index contributed by atoms with van der Waals surface area (Å²) in [6.07, 6.45) is 2.68. The van der Waals surface area contributed by atoms with Gasteiger partial charge in [0.05, 0.1) is 0 Å². The molecule has 0 heterocycles. The fourth-order valence-corrected chi connectivity index (χ4v) is 4.73. The lowest BCUT2D eigenvalue weighted by molar-refractivity contribution is -0.137. The van der Waals surface area contributed by atoms with E-state index in [1.54, 1.807) is 13.8 Å². The number of amides is 2. The minimum Gasteiger partial charge on any atom is -0.481 e. The van der Waals surface area contributed by atoms with Crippen molar-refractivity contribution in [1.82, 2.24) is 10.6 Å². The fourth-order valence-electron chi connectivity index (χ4n) is 4.73. The molecular formula is C28H36N2O5. The number of carboxylic acid groups (broad SMARTS) is 1. The Morgan fingerprint density at radius 1 is 0.971 bits per heavy atom. The Bertz CT molecular complexity index is 1000. The Morgan fingerprint density at radius 2 is 1.57 bits per heavy atom. The van der Waals surface area contributed by atoms with Crippen LogP contribution in [0.5, 0.6) is 0 Å². The maximum atomic E-state index is 12.7. The summed E-state index contributed by atoms with van der Waals surface area (Å²) in [7, 11) is 0. The highest BCUT2D eigenvalue weighted by molar-refractivity contribution is 5.89. The van der Waals surface area contributed by atoms with Crippen molar-refractivity contribution in [2.75, 3.05) is 13.2 Å².